The molecule has 0 aromatic carbocycles. The minimum Gasteiger partial charge on any atom is -0.303 e. The Labute approximate surface area is 114 Å². The predicted octanol–water partition coefficient (Wildman–Crippen LogP) is 5.69. The van der Waals surface area contributed by atoms with Crippen molar-refractivity contribution in [2.24, 2.45) is 5.92 Å². The number of hydrogen-bond donors (Lipinski definition) is 0. The first-order valence-electron chi connectivity index (χ1n) is 7.84. The molecule has 0 amide bonds. The zero-order chi connectivity index (χ0) is 13.6. The predicted molar refractivity (Wildman–Crippen MR) is 80.8 cm³/mol. The molecule has 0 rings (SSSR count). The van der Waals surface area contributed by atoms with Crippen LogP contribution in [0.15, 0.2) is 12.2 Å². The smallest absolute Gasteiger partial charge is 0.119 e. The maximum Gasteiger partial charge on any atom is 0.119 e. The van der Waals surface area contributed by atoms with Gasteiger partial charge in [-0.3, -0.25) is 0 Å². The Morgan fingerprint density at radius 2 is 1.83 bits per heavy atom. The number of unbranched alkanes of at least 4 members (excludes halogenated alkanes) is 4. The van der Waals surface area contributed by atoms with Gasteiger partial charge in [-0.1, -0.05) is 58.1 Å². The first-order chi connectivity index (χ1) is 8.74. The van der Waals surface area contributed by atoms with Gasteiger partial charge in [0.05, 0.1) is 0 Å². The lowest BCUT2D eigenvalue weighted by atomic mass is 9.91. The molecule has 0 aliphatic carbocycles. The van der Waals surface area contributed by atoms with E-state index in [1.165, 1.54) is 50.5 Å². The highest BCUT2D eigenvalue weighted by Crippen LogP contribution is 2.22. The van der Waals surface area contributed by atoms with Gasteiger partial charge in [0, 0.05) is 6.42 Å². The fourth-order valence-corrected chi connectivity index (χ4v) is 2.37. The monoisotopic (exact) mass is 252 g/mol. The van der Waals surface area contributed by atoms with Gasteiger partial charge in [-0.15, -0.1) is 0 Å². The quantitative estimate of drug-likeness (QED) is 0.234. The van der Waals surface area contributed by atoms with E-state index < -0.39 is 0 Å². The molecule has 1 atom stereocenters. The molecular formula is C17H32O. The fraction of sp³-hybridized carbons (Fsp3) is 0.824. The third-order valence-corrected chi connectivity index (χ3v) is 3.80. The van der Waals surface area contributed by atoms with Crippen LogP contribution < -0.4 is 0 Å². The highest BCUT2D eigenvalue weighted by molar-refractivity contribution is 5.48. The molecule has 0 bridgehead atoms. The van der Waals surface area contributed by atoms with Crippen molar-refractivity contribution in [1.29, 1.82) is 0 Å². The SMILES string of the molecule is C=C(CCCCC=O)CCC(CC)CCCCC. The van der Waals surface area contributed by atoms with E-state index in [0.717, 1.165) is 31.5 Å². The standard InChI is InChI=1S/C17H32O/c1-4-6-8-12-17(5-2)14-13-16(3)11-9-7-10-15-18/h15,17H,3-14H2,1-2H3. The Morgan fingerprint density at radius 1 is 1.06 bits per heavy atom. The number of allylic oxidation sites excluding steroid dienone is 1. The maximum atomic E-state index is 10.2. The van der Waals surface area contributed by atoms with Gasteiger partial charge in [0.1, 0.15) is 6.29 Å². The van der Waals surface area contributed by atoms with Crippen LogP contribution in [0.25, 0.3) is 0 Å². The number of carbonyl (C=O) groups excluding carboxylic acids is 1. The summed E-state index contributed by atoms with van der Waals surface area (Å²) in [5, 5.41) is 0. The fourth-order valence-electron chi connectivity index (χ4n) is 2.37. The zero-order valence-corrected chi connectivity index (χ0v) is 12.5. The lowest BCUT2D eigenvalue weighted by Crippen LogP contribution is -2.00. The number of carbonyl (C=O) groups is 1. The Balaban J connectivity index is 3.56. The van der Waals surface area contributed by atoms with E-state index in [2.05, 4.69) is 20.4 Å². The Morgan fingerprint density at radius 3 is 2.44 bits per heavy atom. The molecule has 106 valence electrons. The summed E-state index contributed by atoms with van der Waals surface area (Å²) >= 11 is 0. The van der Waals surface area contributed by atoms with E-state index in [0.29, 0.717) is 6.42 Å². The van der Waals surface area contributed by atoms with E-state index in [9.17, 15) is 4.79 Å². The summed E-state index contributed by atoms with van der Waals surface area (Å²) in [6.45, 7) is 8.74. The number of rotatable bonds is 13. The average molecular weight is 252 g/mol. The highest BCUT2D eigenvalue weighted by Gasteiger charge is 2.06. The molecule has 0 N–H and O–H groups in total. The van der Waals surface area contributed by atoms with E-state index >= 15 is 0 Å². The highest BCUT2D eigenvalue weighted by atomic mass is 16.1. The molecule has 0 fully saturated rings. The second-order valence-electron chi connectivity index (χ2n) is 5.47. The van der Waals surface area contributed by atoms with Crippen LogP contribution in [-0.2, 0) is 4.79 Å². The Hall–Kier alpha value is -0.590. The van der Waals surface area contributed by atoms with Gasteiger partial charge >= 0.3 is 0 Å². The molecule has 0 aliphatic rings. The van der Waals surface area contributed by atoms with Crippen molar-refractivity contribution in [2.75, 3.05) is 0 Å². The van der Waals surface area contributed by atoms with Crippen LogP contribution >= 0.6 is 0 Å². The maximum absolute atomic E-state index is 10.2. The summed E-state index contributed by atoms with van der Waals surface area (Å²) in [6, 6.07) is 0. The van der Waals surface area contributed by atoms with Gasteiger partial charge in [0.2, 0.25) is 0 Å². The van der Waals surface area contributed by atoms with Crippen LogP contribution in [0.5, 0.6) is 0 Å². The second-order valence-corrected chi connectivity index (χ2v) is 5.47. The van der Waals surface area contributed by atoms with Gasteiger partial charge in [-0.2, -0.15) is 0 Å². The van der Waals surface area contributed by atoms with Crippen LogP contribution in [0, 0.1) is 5.92 Å². The van der Waals surface area contributed by atoms with Crippen LogP contribution in [0.1, 0.15) is 84.5 Å². The molecule has 0 spiro atoms. The van der Waals surface area contributed by atoms with Crippen molar-refractivity contribution in [3.63, 3.8) is 0 Å². The molecule has 0 aromatic rings. The van der Waals surface area contributed by atoms with E-state index in [-0.39, 0.29) is 0 Å². The third kappa shape index (κ3) is 10.6. The summed E-state index contributed by atoms with van der Waals surface area (Å²) in [6.07, 6.45) is 14.3. The number of hydrogen-bond acceptors (Lipinski definition) is 1. The molecular weight excluding hydrogens is 220 g/mol. The van der Waals surface area contributed by atoms with E-state index in [1.807, 2.05) is 0 Å². The lowest BCUT2D eigenvalue weighted by molar-refractivity contribution is -0.107. The molecule has 0 saturated carbocycles. The van der Waals surface area contributed by atoms with E-state index in [4.69, 9.17) is 0 Å². The summed E-state index contributed by atoms with van der Waals surface area (Å²) in [5.41, 5.74) is 1.38. The average Bonchev–Trinajstić information content (AvgIpc) is 2.39. The molecule has 0 aromatic heterocycles. The third-order valence-electron chi connectivity index (χ3n) is 3.80. The van der Waals surface area contributed by atoms with E-state index in [1.54, 1.807) is 0 Å². The zero-order valence-electron chi connectivity index (χ0n) is 12.5. The van der Waals surface area contributed by atoms with Crippen molar-refractivity contribution in [2.45, 2.75) is 84.5 Å². The summed E-state index contributed by atoms with van der Waals surface area (Å²) in [7, 11) is 0. The Kier molecular flexibility index (Phi) is 12.4. The molecule has 0 radical (unpaired) electrons. The van der Waals surface area contributed by atoms with Crippen LogP contribution in [0.2, 0.25) is 0 Å². The normalized spacial score (nSPS) is 12.3. The van der Waals surface area contributed by atoms with Crippen molar-refractivity contribution in [3.05, 3.63) is 12.2 Å². The largest absolute Gasteiger partial charge is 0.303 e. The van der Waals surface area contributed by atoms with Crippen LogP contribution in [-0.4, -0.2) is 6.29 Å². The molecule has 0 heterocycles. The van der Waals surface area contributed by atoms with Crippen LogP contribution in [0.4, 0.5) is 0 Å². The molecule has 1 heteroatoms. The number of aldehydes is 1. The van der Waals surface area contributed by atoms with Gasteiger partial charge in [-0.25, -0.2) is 0 Å². The van der Waals surface area contributed by atoms with Gasteiger partial charge in [0.25, 0.3) is 0 Å². The van der Waals surface area contributed by atoms with Crippen molar-refractivity contribution >= 4 is 6.29 Å². The van der Waals surface area contributed by atoms with Crippen LogP contribution in [0.3, 0.4) is 0 Å². The van der Waals surface area contributed by atoms with Gasteiger partial charge in [0.15, 0.2) is 0 Å². The van der Waals surface area contributed by atoms with Crippen molar-refractivity contribution in [1.82, 2.24) is 0 Å². The molecule has 18 heavy (non-hydrogen) atoms. The first kappa shape index (κ1) is 17.4. The summed E-state index contributed by atoms with van der Waals surface area (Å²) in [5.74, 6) is 0.892. The van der Waals surface area contributed by atoms with Gasteiger partial charge in [-0.05, 0) is 38.0 Å². The molecule has 1 nitrogen and oxygen atoms in total. The molecule has 0 aliphatic heterocycles. The first-order valence-corrected chi connectivity index (χ1v) is 7.84. The minimum absolute atomic E-state index is 0.710. The van der Waals surface area contributed by atoms with Gasteiger partial charge < -0.3 is 4.79 Å². The minimum atomic E-state index is 0.710. The molecule has 1 unspecified atom stereocenters. The summed E-state index contributed by atoms with van der Waals surface area (Å²) < 4.78 is 0. The second kappa shape index (κ2) is 12.9. The topological polar surface area (TPSA) is 17.1 Å². The lowest BCUT2D eigenvalue weighted by Gasteiger charge is -2.15. The van der Waals surface area contributed by atoms with Crippen molar-refractivity contribution < 1.29 is 4.79 Å². The Bertz CT molecular complexity index is 208. The van der Waals surface area contributed by atoms with Crippen molar-refractivity contribution in [3.8, 4) is 0 Å². The molecule has 0 saturated heterocycles. The summed E-state index contributed by atoms with van der Waals surface area (Å²) in [4.78, 5) is 10.2.